The van der Waals surface area contributed by atoms with Crippen LogP contribution in [0.4, 0.5) is 5.69 Å². The number of anilines is 1. The van der Waals surface area contributed by atoms with Gasteiger partial charge >= 0.3 is 5.97 Å². The average molecular weight is 259 g/mol. The molecule has 2 fully saturated rings. The zero-order valence-electron chi connectivity index (χ0n) is 10.6. The van der Waals surface area contributed by atoms with Crippen molar-refractivity contribution in [2.24, 2.45) is 17.8 Å². The second kappa shape index (κ2) is 4.68. The lowest BCUT2D eigenvalue weighted by Gasteiger charge is -2.20. The number of carboxylic acid groups (broad SMARTS) is 1. The van der Waals surface area contributed by atoms with Crippen molar-refractivity contribution in [1.82, 2.24) is 0 Å². The van der Waals surface area contributed by atoms with Gasteiger partial charge in [-0.3, -0.25) is 4.79 Å². The van der Waals surface area contributed by atoms with Gasteiger partial charge in [-0.15, -0.1) is 0 Å². The van der Waals surface area contributed by atoms with Gasteiger partial charge in [0.15, 0.2) is 0 Å². The highest BCUT2D eigenvalue weighted by molar-refractivity contribution is 5.95. The number of amides is 1. The Labute approximate surface area is 111 Å². The van der Waals surface area contributed by atoms with Crippen molar-refractivity contribution in [2.75, 3.05) is 5.32 Å². The van der Waals surface area contributed by atoms with E-state index < -0.39 is 5.97 Å². The molecule has 3 rings (SSSR count). The molecule has 2 aliphatic rings. The number of carboxylic acids is 1. The molecule has 2 aliphatic carbocycles. The zero-order chi connectivity index (χ0) is 13.4. The third-order valence-corrected chi connectivity index (χ3v) is 4.45. The molecule has 2 N–H and O–H groups in total. The van der Waals surface area contributed by atoms with Crippen molar-refractivity contribution in [1.29, 1.82) is 0 Å². The highest BCUT2D eigenvalue weighted by atomic mass is 16.4. The summed E-state index contributed by atoms with van der Waals surface area (Å²) < 4.78 is 0. The molecule has 100 valence electrons. The summed E-state index contributed by atoms with van der Waals surface area (Å²) in [6, 6.07) is 6.42. The predicted molar refractivity (Wildman–Crippen MR) is 71.0 cm³/mol. The van der Waals surface area contributed by atoms with Crippen LogP contribution in [0.2, 0.25) is 0 Å². The maximum atomic E-state index is 12.2. The van der Waals surface area contributed by atoms with Gasteiger partial charge in [0.2, 0.25) is 5.91 Å². The summed E-state index contributed by atoms with van der Waals surface area (Å²) in [5.41, 5.74) is 0.776. The second-order valence-corrected chi connectivity index (χ2v) is 5.66. The van der Waals surface area contributed by atoms with Gasteiger partial charge in [0, 0.05) is 11.6 Å². The molecular formula is C15H17NO3. The lowest BCUT2D eigenvalue weighted by Crippen LogP contribution is -2.27. The quantitative estimate of drug-likeness (QED) is 0.877. The molecule has 0 heterocycles. The lowest BCUT2D eigenvalue weighted by molar-refractivity contribution is -0.121. The first-order chi connectivity index (χ1) is 9.13. The van der Waals surface area contributed by atoms with E-state index in [0.717, 1.165) is 18.8 Å². The van der Waals surface area contributed by atoms with E-state index in [1.54, 1.807) is 12.1 Å². The monoisotopic (exact) mass is 259 g/mol. The highest BCUT2D eigenvalue weighted by Crippen LogP contribution is 2.48. The van der Waals surface area contributed by atoms with Gasteiger partial charge in [0.05, 0.1) is 5.56 Å². The van der Waals surface area contributed by atoms with Gasteiger partial charge < -0.3 is 10.4 Å². The van der Waals surface area contributed by atoms with Crippen LogP contribution in [0.25, 0.3) is 0 Å². The Hall–Kier alpha value is -1.84. The first kappa shape index (κ1) is 12.2. The molecule has 0 aliphatic heterocycles. The van der Waals surface area contributed by atoms with E-state index in [9.17, 15) is 9.59 Å². The fraction of sp³-hybridized carbons (Fsp3) is 0.467. The minimum atomic E-state index is -0.976. The molecule has 4 heteroatoms. The average Bonchev–Trinajstić information content (AvgIpc) is 3.01. The second-order valence-electron chi connectivity index (χ2n) is 5.66. The van der Waals surface area contributed by atoms with Gasteiger partial charge in [-0.25, -0.2) is 4.79 Å². The Balaban J connectivity index is 1.69. The summed E-state index contributed by atoms with van der Waals surface area (Å²) in [6.07, 6.45) is 4.61. The van der Waals surface area contributed by atoms with E-state index >= 15 is 0 Å². The van der Waals surface area contributed by atoms with Crippen LogP contribution < -0.4 is 5.32 Å². The van der Waals surface area contributed by atoms with E-state index in [1.165, 1.54) is 25.0 Å². The Bertz CT molecular complexity index is 526. The van der Waals surface area contributed by atoms with Crippen LogP contribution in [-0.2, 0) is 4.79 Å². The molecule has 3 atom stereocenters. The zero-order valence-corrected chi connectivity index (χ0v) is 10.6. The van der Waals surface area contributed by atoms with Crippen molar-refractivity contribution in [2.45, 2.75) is 25.7 Å². The molecular weight excluding hydrogens is 242 g/mol. The number of rotatable bonds is 3. The number of benzene rings is 1. The largest absolute Gasteiger partial charge is 0.478 e. The molecule has 1 aromatic carbocycles. The van der Waals surface area contributed by atoms with Gasteiger partial charge in [0.1, 0.15) is 0 Å². The minimum absolute atomic E-state index is 0.0507. The molecule has 0 aromatic heterocycles. The Morgan fingerprint density at radius 3 is 2.68 bits per heavy atom. The van der Waals surface area contributed by atoms with Crippen molar-refractivity contribution in [3.8, 4) is 0 Å². The molecule has 2 saturated carbocycles. The molecule has 1 aromatic rings. The van der Waals surface area contributed by atoms with E-state index in [-0.39, 0.29) is 17.4 Å². The summed E-state index contributed by atoms with van der Waals surface area (Å²) in [4.78, 5) is 23.1. The number of fused-ring (bicyclic) bond motifs is 2. The summed E-state index contributed by atoms with van der Waals surface area (Å²) in [5, 5.41) is 11.8. The van der Waals surface area contributed by atoms with E-state index in [2.05, 4.69) is 5.32 Å². The molecule has 3 unspecified atom stereocenters. The van der Waals surface area contributed by atoms with Crippen molar-refractivity contribution < 1.29 is 14.7 Å². The number of carbonyl (C=O) groups excluding carboxylic acids is 1. The molecule has 2 bridgehead atoms. The van der Waals surface area contributed by atoms with E-state index in [4.69, 9.17) is 5.11 Å². The molecule has 0 saturated heterocycles. The third-order valence-electron chi connectivity index (χ3n) is 4.45. The van der Waals surface area contributed by atoms with Gasteiger partial charge in [-0.2, -0.15) is 0 Å². The maximum Gasteiger partial charge on any atom is 0.335 e. The van der Waals surface area contributed by atoms with Crippen LogP contribution in [-0.4, -0.2) is 17.0 Å². The molecule has 19 heavy (non-hydrogen) atoms. The summed E-state index contributed by atoms with van der Waals surface area (Å²) >= 11 is 0. The van der Waals surface area contributed by atoms with Gasteiger partial charge in [-0.05, 0) is 49.3 Å². The van der Waals surface area contributed by atoms with Crippen molar-refractivity contribution >= 4 is 17.6 Å². The summed E-state index contributed by atoms with van der Waals surface area (Å²) in [6.45, 7) is 0. The molecule has 0 spiro atoms. The van der Waals surface area contributed by atoms with Crippen LogP contribution >= 0.6 is 0 Å². The number of aromatic carboxylic acids is 1. The van der Waals surface area contributed by atoms with Crippen LogP contribution in [0.1, 0.15) is 36.0 Å². The highest BCUT2D eigenvalue weighted by Gasteiger charge is 2.42. The molecule has 4 nitrogen and oxygen atoms in total. The topological polar surface area (TPSA) is 66.4 Å². The number of hydrogen-bond acceptors (Lipinski definition) is 2. The fourth-order valence-corrected chi connectivity index (χ4v) is 3.53. The first-order valence-electron chi connectivity index (χ1n) is 6.77. The summed E-state index contributed by atoms with van der Waals surface area (Å²) in [7, 11) is 0. The third kappa shape index (κ3) is 2.35. The Morgan fingerprint density at radius 2 is 2.05 bits per heavy atom. The number of nitrogens with one attached hydrogen (secondary N) is 1. The Morgan fingerprint density at radius 1 is 1.21 bits per heavy atom. The number of carbonyl (C=O) groups is 2. The molecule has 1 amide bonds. The minimum Gasteiger partial charge on any atom is -0.478 e. The maximum absolute atomic E-state index is 12.2. The van der Waals surface area contributed by atoms with Crippen molar-refractivity contribution in [3.05, 3.63) is 29.8 Å². The number of hydrogen-bond donors (Lipinski definition) is 2. The van der Waals surface area contributed by atoms with Crippen LogP contribution in [0.15, 0.2) is 24.3 Å². The van der Waals surface area contributed by atoms with Gasteiger partial charge in [0.25, 0.3) is 0 Å². The van der Waals surface area contributed by atoms with Gasteiger partial charge in [-0.1, -0.05) is 12.5 Å². The molecule has 0 radical (unpaired) electrons. The fourth-order valence-electron chi connectivity index (χ4n) is 3.53. The van der Waals surface area contributed by atoms with Crippen LogP contribution in [0.3, 0.4) is 0 Å². The van der Waals surface area contributed by atoms with Crippen LogP contribution in [0, 0.1) is 17.8 Å². The van der Waals surface area contributed by atoms with Crippen LogP contribution in [0.5, 0.6) is 0 Å². The predicted octanol–water partition coefficient (Wildman–Crippen LogP) is 2.76. The van der Waals surface area contributed by atoms with Crippen molar-refractivity contribution in [3.63, 3.8) is 0 Å². The lowest BCUT2D eigenvalue weighted by atomic mass is 9.88. The van der Waals surface area contributed by atoms with E-state index in [0.29, 0.717) is 11.6 Å². The smallest absolute Gasteiger partial charge is 0.335 e. The van der Waals surface area contributed by atoms with E-state index in [1.807, 2.05) is 0 Å². The first-order valence-corrected chi connectivity index (χ1v) is 6.77. The SMILES string of the molecule is O=C(O)c1cccc(NC(=O)C2CC3CCC2C3)c1. The summed E-state index contributed by atoms with van der Waals surface area (Å²) in [5.74, 6) is 0.455. The normalized spacial score (nSPS) is 28.3. The standard InChI is InChI=1S/C15H17NO3/c17-14(13-7-9-4-5-10(13)6-9)16-12-3-1-2-11(8-12)15(18)19/h1-3,8-10,13H,4-7H2,(H,16,17)(H,18,19). The Kier molecular flexibility index (Phi) is 3.01.